The van der Waals surface area contributed by atoms with Crippen LogP contribution in [-0.2, 0) is 37.8 Å². The molecule has 8 nitrogen and oxygen atoms in total. The van der Waals surface area contributed by atoms with Crippen LogP contribution in [0, 0.1) is 0 Å². The molecule has 0 aromatic carbocycles. The average molecular weight is 513 g/mol. The van der Waals surface area contributed by atoms with E-state index >= 15 is 0 Å². The molecule has 0 N–H and O–H groups in total. The van der Waals surface area contributed by atoms with Crippen molar-refractivity contribution in [2.24, 2.45) is 0 Å². The van der Waals surface area contributed by atoms with Crippen molar-refractivity contribution in [2.75, 3.05) is 13.2 Å². The lowest BCUT2D eigenvalue weighted by molar-refractivity contribution is -0.0699. The predicted molar refractivity (Wildman–Crippen MR) is 92.6 cm³/mol. The van der Waals surface area contributed by atoms with Crippen molar-refractivity contribution in [3.8, 4) is 0 Å². The molecule has 1 aliphatic rings. The Hall–Kier alpha value is -0.463. The van der Waals surface area contributed by atoms with Gasteiger partial charge in [-0.1, -0.05) is 20.8 Å². The summed E-state index contributed by atoms with van der Waals surface area (Å²) in [5.41, 5.74) is -11.8. The van der Waals surface area contributed by atoms with Crippen LogP contribution < -0.4 is 0 Å². The van der Waals surface area contributed by atoms with E-state index in [0.717, 1.165) is 0 Å². The van der Waals surface area contributed by atoms with Crippen molar-refractivity contribution in [3.05, 3.63) is 0 Å². The first kappa shape index (κ1) is 27.6. The molecule has 180 valence electrons. The van der Waals surface area contributed by atoms with Crippen molar-refractivity contribution >= 4 is 28.6 Å². The number of hydrogen-bond acceptors (Lipinski definition) is 8. The van der Waals surface area contributed by atoms with E-state index in [-0.39, 0.29) is 5.04 Å². The van der Waals surface area contributed by atoms with Crippen molar-refractivity contribution < 1.29 is 60.7 Å². The summed E-state index contributed by atoms with van der Waals surface area (Å²) in [6.45, 7) is 7.41. The SMILES string of the molecule is CC(C)(C)[Si](C)(C)OC[C@H]1OC[C@H](OS(=O)(=O)C(F)(F)F)[C@@H]1OS(=O)(=O)C(F)(F)F. The molecule has 1 aliphatic heterocycles. The number of rotatable bonds is 7. The van der Waals surface area contributed by atoms with Crippen LogP contribution in [0.5, 0.6) is 0 Å². The maximum Gasteiger partial charge on any atom is 0.523 e. The summed E-state index contributed by atoms with van der Waals surface area (Å²) in [4.78, 5) is 0. The highest BCUT2D eigenvalue weighted by molar-refractivity contribution is 7.88. The molecule has 0 aliphatic carbocycles. The summed E-state index contributed by atoms with van der Waals surface area (Å²) < 4.78 is 139. The zero-order valence-corrected chi connectivity index (χ0v) is 19.1. The van der Waals surface area contributed by atoms with E-state index in [1.807, 2.05) is 20.8 Å². The standard InChI is InChI=1S/C13H22F6O8S2Si/c1-11(2,3)30(4,5)25-7-8-10(27-29(22,23)13(17,18)19)9(6-24-8)26-28(20,21)12(14,15)16/h8-10H,6-7H2,1-5H3/t8-,9+,10-/m1/s1. The molecule has 17 heteroatoms. The van der Waals surface area contributed by atoms with Crippen LogP contribution >= 0.6 is 0 Å². The first-order valence-corrected chi connectivity index (χ1v) is 14.0. The number of ether oxygens (including phenoxy) is 1. The zero-order valence-electron chi connectivity index (χ0n) is 16.5. The van der Waals surface area contributed by atoms with Gasteiger partial charge in [0.05, 0.1) is 13.2 Å². The summed E-state index contributed by atoms with van der Waals surface area (Å²) in [5, 5.41) is -0.379. The van der Waals surface area contributed by atoms with E-state index in [4.69, 9.17) is 9.16 Å². The topological polar surface area (TPSA) is 105 Å². The number of halogens is 6. The molecule has 1 saturated heterocycles. The van der Waals surface area contributed by atoms with E-state index in [9.17, 15) is 43.2 Å². The van der Waals surface area contributed by atoms with Gasteiger partial charge in [-0.15, -0.1) is 0 Å². The van der Waals surface area contributed by atoms with Gasteiger partial charge in [-0.25, -0.2) is 0 Å². The van der Waals surface area contributed by atoms with E-state index in [1.54, 1.807) is 13.1 Å². The lowest BCUT2D eigenvalue weighted by atomic mass is 10.2. The Bertz CT molecular complexity index is 816. The predicted octanol–water partition coefficient (Wildman–Crippen LogP) is 2.88. The fourth-order valence-corrected chi connectivity index (χ4v) is 4.19. The zero-order chi connectivity index (χ0) is 24.0. The minimum atomic E-state index is -6.30. The van der Waals surface area contributed by atoms with Crippen LogP contribution in [0.4, 0.5) is 26.3 Å². The van der Waals surface area contributed by atoms with Crippen molar-refractivity contribution in [1.29, 1.82) is 0 Å². The van der Waals surface area contributed by atoms with Crippen molar-refractivity contribution in [2.45, 2.75) is 68.2 Å². The third kappa shape index (κ3) is 6.29. The van der Waals surface area contributed by atoms with Gasteiger partial charge in [0, 0.05) is 0 Å². The Kier molecular flexibility index (Phi) is 7.79. The molecule has 30 heavy (non-hydrogen) atoms. The Morgan fingerprint density at radius 1 is 0.900 bits per heavy atom. The summed E-state index contributed by atoms with van der Waals surface area (Å²) in [7, 11) is -15.1. The molecule has 0 unspecified atom stereocenters. The maximum absolute atomic E-state index is 12.7. The van der Waals surface area contributed by atoms with Crippen LogP contribution in [0.25, 0.3) is 0 Å². The molecule has 1 heterocycles. The molecule has 0 radical (unpaired) electrons. The minimum absolute atomic E-state index is 0.379. The fraction of sp³-hybridized carbons (Fsp3) is 1.00. The van der Waals surface area contributed by atoms with Crippen LogP contribution in [0.15, 0.2) is 0 Å². The Labute approximate surface area is 171 Å². The third-order valence-corrected chi connectivity index (χ3v) is 11.3. The maximum atomic E-state index is 12.7. The van der Waals surface area contributed by atoms with Gasteiger partial charge in [0.1, 0.15) is 18.3 Å². The summed E-state index contributed by atoms with van der Waals surface area (Å²) in [6.07, 6.45) is -6.29. The molecule has 1 fully saturated rings. The molecule has 0 amide bonds. The molecular formula is C13H22F6O8S2Si. The van der Waals surface area contributed by atoms with Crippen LogP contribution in [0.3, 0.4) is 0 Å². The first-order valence-electron chi connectivity index (χ1n) is 8.26. The van der Waals surface area contributed by atoms with Gasteiger partial charge in [0.2, 0.25) is 0 Å². The van der Waals surface area contributed by atoms with Crippen LogP contribution in [0.2, 0.25) is 18.1 Å². The van der Waals surface area contributed by atoms with E-state index in [1.165, 1.54) is 0 Å². The molecule has 0 saturated carbocycles. The average Bonchev–Trinajstić information content (AvgIpc) is 2.82. The van der Waals surface area contributed by atoms with Gasteiger partial charge in [0.15, 0.2) is 8.32 Å². The summed E-state index contributed by atoms with van der Waals surface area (Å²) in [6, 6.07) is 0. The van der Waals surface area contributed by atoms with Crippen LogP contribution in [-0.4, -0.2) is 67.7 Å². The summed E-state index contributed by atoms with van der Waals surface area (Å²) >= 11 is 0. The highest BCUT2D eigenvalue weighted by atomic mass is 32.2. The Morgan fingerprint density at radius 3 is 1.73 bits per heavy atom. The third-order valence-electron chi connectivity index (χ3n) is 4.68. The molecule has 1 rings (SSSR count). The second kappa shape index (κ2) is 8.47. The molecule has 0 aromatic rings. The molecule has 3 atom stereocenters. The van der Waals surface area contributed by atoms with Crippen LogP contribution in [0.1, 0.15) is 20.8 Å². The second-order valence-corrected chi connectivity index (χ2v) is 15.9. The van der Waals surface area contributed by atoms with E-state index in [2.05, 4.69) is 8.37 Å². The smallest absolute Gasteiger partial charge is 0.414 e. The van der Waals surface area contributed by atoms with Gasteiger partial charge in [0.25, 0.3) is 0 Å². The lowest BCUT2D eigenvalue weighted by Crippen LogP contribution is -2.47. The highest BCUT2D eigenvalue weighted by Crippen LogP contribution is 2.38. The lowest BCUT2D eigenvalue weighted by Gasteiger charge is -2.37. The minimum Gasteiger partial charge on any atom is -0.414 e. The number of hydrogen-bond donors (Lipinski definition) is 0. The van der Waals surface area contributed by atoms with Gasteiger partial charge >= 0.3 is 31.3 Å². The van der Waals surface area contributed by atoms with Gasteiger partial charge < -0.3 is 9.16 Å². The van der Waals surface area contributed by atoms with E-state index in [0.29, 0.717) is 0 Å². The Balaban J connectivity index is 3.17. The fourth-order valence-electron chi connectivity index (χ4n) is 1.92. The van der Waals surface area contributed by atoms with Crippen molar-refractivity contribution in [1.82, 2.24) is 0 Å². The molecule has 0 aromatic heterocycles. The normalized spacial score (nSPS) is 25.0. The summed E-state index contributed by atoms with van der Waals surface area (Å²) in [5.74, 6) is 0. The largest absolute Gasteiger partial charge is 0.523 e. The van der Waals surface area contributed by atoms with Gasteiger partial charge in [-0.05, 0) is 18.1 Å². The first-order chi connectivity index (χ1) is 13.0. The molecular weight excluding hydrogens is 490 g/mol. The highest BCUT2D eigenvalue weighted by Gasteiger charge is 2.56. The van der Waals surface area contributed by atoms with Crippen molar-refractivity contribution in [3.63, 3.8) is 0 Å². The molecule has 0 spiro atoms. The molecule has 0 bridgehead atoms. The van der Waals surface area contributed by atoms with Gasteiger partial charge in [-0.2, -0.15) is 43.2 Å². The monoisotopic (exact) mass is 512 g/mol. The quantitative estimate of drug-likeness (QED) is 0.222. The second-order valence-electron chi connectivity index (χ2n) is 7.94. The number of alkyl halides is 6. The van der Waals surface area contributed by atoms with Gasteiger partial charge in [-0.3, -0.25) is 8.37 Å². The van der Waals surface area contributed by atoms with E-state index < -0.39 is 71.1 Å². The Morgan fingerprint density at radius 2 is 1.33 bits per heavy atom.